The Hall–Kier alpha value is -6.65. The summed E-state index contributed by atoms with van der Waals surface area (Å²) in [5, 5.41) is 1.29. The van der Waals surface area contributed by atoms with Gasteiger partial charge >= 0.3 is 23.9 Å². The molecule has 0 aliphatic heterocycles. The number of benzene rings is 6. The molecule has 0 heterocycles. The van der Waals surface area contributed by atoms with Gasteiger partial charge in [-0.3, -0.25) is 0 Å². The molecule has 0 aromatic heterocycles. The van der Waals surface area contributed by atoms with Gasteiger partial charge in [0.1, 0.15) is 34.5 Å². The number of esters is 4. The van der Waals surface area contributed by atoms with Gasteiger partial charge in [-0.25, -0.2) is 19.2 Å². The van der Waals surface area contributed by atoms with Crippen LogP contribution in [-0.4, -0.2) is 37.1 Å². The number of ether oxygens (including phenoxy) is 6. The summed E-state index contributed by atoms with van der Waals surface area (Å²) >= 11 is 6.74. The minimum atomic E-state index is -0.687. The molecular weight excluding hydrogens is 892 g/mol. The molecule has 0 N–H and O–H groups in total. The fourth-order valence-electron chi connectivity index (χ4n) is 7.59. The van der Waals surface area contributed by atoms with Crippen molar-refractivity contribution in [1.29, 1.82) is 0 Å². The van der Waals surface area contributed by atoms with Crippen LogP contribution in [0.15, 0.2) is 127 Å². The van der Waals surface area contributed by atoms with Crippen molar-refractivity contribution in [2.24, 2.45) is 0 Å². The highest BCUT2D eigenvalue weighted by Crippen LogP contribution is 2.34. The van der Waals surface area contributed by atoms with E-state index in [9.17, 15) is 19.2 Å². The molecule has 11 heteroatoms. The standard InChI is InChI=1S/C58H63ClO10/c1-3-5-7-9-11-13-15-17-39-64-47-28-21-43(22-29-47)55(60)66-49-32-25-45(26-33-49)57(62)69-53-38-27-42-19-20-46(41-52(42)54(53)59)58(63)68-51-36-34-50(35-37-51)67-56(61)44-23-30-48(31-24-44)65-40-18-16-14-12-10-8-6-4-2/h19-38,41H,3-18,39-40H2,1-2H3. The van der Waals surface area contributed by atoms with Crippen LogP contribution < -0.4 is 28.4 Å². The second-order valence-electron chi connectivity index (χ2n) is 17.1. The minimum Gasteiger partial charge on any atom is -0.494 e. The van der Waals surface area contributed by atoms with Gasteiger partial charge in [0, 0.05) is 5.39 Å². The molecule has 69 heavy (non-hydrogen) atoms. The maximum Gasteiger partial charge on any atom is 0.343 e. The number of halogens is 1. The lowest BCUT2D eigenvalue weighted by atomic mass is 10.1. The summed E-state index contributed by atoms with van der Waals surface area (Å²) in [4.78, 5) is 52.1. The summed E-state index contributed by atoms with van der Waals surface area (Å²) in [7, 11) is 0. The topological polar surface area (TPSA) is 124 Å². The zero-order valence-corrected chi connectivity index (χ0v) is 40.6. The molecule has 0 atom stereocenters. The number of carbonyl (C=O) groups is 4. The van der Waals surface area contributed by atoms with E-state index in [4.69, 9.17) is 40.0 Å². The van der Waals surface area contributed by atoms with Gasteiger partial charge in [0.25, 0.3) is 0 Å². The summed E-state index contributed by atoms with van der Waals surface area (Å²) in [6.45, 7) is 5.72. The Kier molecular flexibility index (Phi) is 21.0. The molecule has 0 fully saturated rings. The molecule has 0 unspecified atom stereocenters. The van der Waals surface area contributed by atoms with E-state index < -0.39 is 23.9 Å². The van der Waals surface area contributed by atoms with Crippen LogP contribution in [0.1, 0.15) is 158 Å². The van der Waals surface area contributed by atoms with Crippen molar-refractivity contribution in [3.05, 3.63) is 155 Å². The second-order valence-corrected chi connectivity index (χ2v) is 17.4. The first-order chi connectivity index (χ1) is 33.7. The lowest BCUT2D eigenvalue weighted by Gasteiger charge is -2.11. The number of hydrogen-bond donors (Lipinski definition) is 0. The molecule has 0 amide bonds. The lowest BCUT2D eigenvalue weighted by molar-refractivity contribution is 0.0719. The predicted molar refractivity (Wildman–Crippen MR) is 271 cm³/mol. The molecule has 6 rings (SSSR count). The molecule has 6 aromatic rings. The highest BCUT2D eigenvalue weighted by Gasteiger charge is 2.18. The zero-order valence-electron chi connectivity index (χ0n) is 39.8. The van der Waals surface area contributed by atoms with Gasteiger partial charge in [-0.2, -0.15) is 0 Å². The molecule has 362 valence electrons. The molecule has 0 spiro atoms. The number of hydrogen-bond acceptors (Lipinski definition) is 10. The van der Waals surface area contributed by atoms with Crippen molar-refractivity contribution in [1.82, 2.24) is 0 Å². The van der Waals surface area contributed by atoms with E-state index in [1.807, 2.05) is 0 Å². The van der Waals surface area contributed by atoms with Crippen molar-refractivity contribution in [3.63, 3.8) is 0 Å². The molecule has 0 aliphatic carbocycles. The fraction of sp³-hybridized carbons (Fsp3) is 0.345. The van der Waals surface area contributed by atoms with Crippen LogP contribution in [0.3, 0.4) is 0 Å². The third-order valence-electron chi connectivity index (χ3n) is 11.6. The van der Waals surface area contributed by atoms with Crippen LogP contribution in [0.4, 0.5) is 0 Å². The lowest BCUT2D eigenvalue weighted by Crippen LogP contribution is -2.11. The Bertz CT molecular complexity index is 2550. The maximum atomic E-state index is 13.2. The van der Waals surface area contributed by atoms with E-state index in [-0.39, 0.29) is 39.1 Å². The quantitative estimate of drug-likeness (QED) is 0.0267. The van der Waals surface area contributed by atoms with Gasteiger partial charge in [0.15, 0.2) is 0 Å². The van der Waals surface area contributed by atoms with Gasteiger partial charge in [0.05, 0.1) is 40.5 Å². The molecular formula is C58H63ClO10. The normalized spacial score (nSPS) is 10.9. The smallest absolute Gasteiger partial charge is 0.343 e. The average Bonchev–Trinajstić information content (AvgIpc) is 3.37. The molecule has 0 aliphatic rings. The monoisotopic (exact) mass is 954 g/mol. The summed E-state index contributed by atoms with van der Waals surface area (Å²) < 4.78 is 34.0. The molecule has 10 nitrogen and oxygen atoms in total. The first-order valence-corrected chi connectivity index (χ1v) is 24.9. The van der Waals surface area contributed by atoms with Crippen LogP contribution in [0.5, 0.6) is 34.5 Å². The highest BCUT2D eigenvalue weighted by atomic mass is 35.5. The number of rotatable bonds is 28. The largest absolute Gasteiger partial charge is 0.494 e. The third-order valence-corrected chi connectivity index (χ3v) is 12.0. The van der Waals surface area contributed by atoms with Gasteiger partial charge in [-0.05, 0) is 133 Å². The third kappa shape index (κ3) is 16.8. The van der Waals surface area contributed by atoms with E-state index in [0.29, 0.717) is 46.6 Å². The molecule has 0 bridgehead atoms. The molecule has 0 radical (unpaired) electrons. The van der Waals surface area contributed by atoms with Crippen LogP contribution in [-0.2, 0) is 0 Å². The van der Waals surface area contributed by atoms with Crippen molar-refractivity contribution in [2.75, 3.05) is 13.2 Å². The van der Waals surface area contributed by atoms with Crippen LogP contribution >= 0.6 is 11.6 Å². The van der Waals surface area contributed by atoms with Crippen molar-refractivity contribution in [2.45, 2.75) is 117 Å². The molecule has 0 saturated heterocycles. The Labute approximate surface area is 411 Å². The average molecular weight is 956 g/mol. The van der Waals surface area contributed by atoms with Crippen LogP contribution in [0.2, 0.25) is 5.02 Å². The maximum absolute atomic E-state index is 13.2. The van der Waals surface area contributed by atoms with Crippen molar-refractivity contribution < 1.29 is 47.6 Å². The van der Waals surface area contributed by atoms with Gasteiger partial charge in [-0.15, -0.1) is 0 Å². The Morgan fingerprint density at radius 2 is 0.681 bits per heavy atom. The number of carbonyl (C=O) groups excluding carboxylic acids is 4. The first-order valence-electron chi connectivity index (χ1n) is 24.5. The van der Waals surface area contributed by atoms with E-state index in [1.54, 1.807) is 78.9 Å². The van der Waals surface area contributed by atoms with Crippen molar-refractivity contribution >= 4 is 46.3 Å². The van der Waals surface area contributed by atoms with E-state index in [2.05, 4.69) is 13.8 Å². The fourth-order valence-corrected chi connectivity index (χ4v) is 7.85. The second kappa shape index (κ2) is 28.0. The van der Waals surface area contributed by atoms with E-state index in [1.165, 1.54) is 126 Å². The highest BCUT2D eigenvalue weighted by molar-refractivity contribution is 6.37. The summed E-state index contributed by atoms with van der Waals surface area (Å²) in [5.41, 5.74) is 1.14. The Morgan fingerprint density at radius 3 is 1.10 bits per heavy atom. The SMILES string of the molecule is CCCCCCCCCCOc1ccc(C(=O)Oc2ccc(OC(=O)c3ccc4ccc(OC(=O)c5ccc(OC(=O)c6ccc(OCCCCCCCCCC)cc6)cc5)c(Cl)c4c3)cc2)cc1. The summed E-state index contributed by atoms with van der Waals surface area (Å²) in [6.07, 6.45) is 19.6. The van der Waals surface area contributed by atoms with Gasteiger partial charge < -0.3 is 28.4 Å². The zero-order chi connectivity index (χ0) is 48.6. The van der Waals surface area contributed by atoms with Crippen LogP contribution in [0.25, 0.3) is 10.8 Å². The first kappa shape index (κ1) is 51.7. The Morgan fingerprint density at radius 1 is 0.362 bits per heavy atom. The number of unbranched alkanes of at least 4 members (excludes halogenated alkanes) is 14. The Balaban J connectivity index is 0.936. The molecule has 6 aromatic carbocycles. The van der Waals surface area contributed by atoms with Crippen LogP contribution in [0, 0.1) is 0 Å². The predicted octanol–water partition coefficient (Wildman–Crippen LogP) is 15.4. The molecule has 0 saturated carbocycles. The van der Waals surface area contributed by atoms with Gasteiger partial charge in [-0.1, -0.05) is 127 Å². The van der Waals surface area contributed by atoms with E-state index >= 15 is 0 Å². The number of fused-ring (bicyclic) bond motifs is 1. The van der Waals surface area contributed by atoms with Gasteiger partial charge in [0.2, 0.25) is 0 Å². The minimum absolute atomic E-state index is 0.0870. The summed E-state index contributed by atoms with van der Waals surface area (Å²) in [5.74, 6) is -0.171. The van der Waals surface area contributed by atoms with E-state index in [0.717, 1.165) is 25.7 Å². The van der Waals surface area contributed by atoms with Crippen molar-refractivity contribution in [3.8, 4) is 34.5 Å². The summed E-state index contributed by atoms with van der Waals surface area (Å²) in [6, 6.07) is 33.9.